The largest absolute Gasteiger partial charge is 0.378 e. The number of ether oxygens (including phenoxy) is 1. The van der Waals surface area contributed by atoms with Crippen molar-refractivity contribution < 1.29 is 23.5 Å². The lowest BCUT2D eigenvalue weighted by atomic mass is 9.86. The van der Waals surface area contributed by atoms with Crippen LogP contribution < -0.4 is 10.6 Å². The van der Waals surface area contributed by atoms with E-state index in [0.29, 0.717) is 56.5 Å². The molecule has 4 rings (SSSR count). The lowest BCUT2D eigenvalue weighted by Gasteiger charge is -2.29. The molecule has 0 bridgehead atoms. The molecular weight excluding hydrogens is 491 g/mol. The molecule has 1 fully saturated rings. The van der Waals surface area contributed by atoms with Crippen LogP contribution in [0.2, 0.25) is 0 Å². The van der Waals surface area contributed by atoms with E-state index in [1.165, 1.54) is 19.2 Å². The number of nitrogens with zero attached hydrogens (tertiary/aromatic N) is 4. The predicted molar refractivity (Wildman–Crippen MR) is 140 cm³/mol. The van der Waals surface area contributed by atoms with E-state index in [4.69, 9.17) is 9.72 Å². The van der Waals surface area contributed by atoms with Crippen molar-refractivity contribution in [3.8, 4) is 11.4 Å². The smallest absolute Gasteiger partial charge is 0.272 e. The highest BCUT2D eigenvalue weighted by molar-refractivity contribution is 5.98. The molecule has 0 unspecified atom stereocenters. The first-order valence-electron chi connectivity index (χ1n) is 13.0. The highest BCUT2D eigenvalue weighted by Crippen LogP contribution is 2.29. The van der Waals surface area contributed by atoms with Crippen molar-refractivity contribution in [1.82, 2.24) is 30.0 Å². The van der Waals surface area contributed by atoms with Gasteiger partial charge in [0.15, 0.2) is 5.69 Å². The maximum Gasteiger partial charge on any atom is 0.272 e. The van der Waals surface area contributed by atoms with Gasteiger partial charge in [-0.3, -0.25) is 14.4 Å². The zero-order valence-electron chi connectivity index (χ0n) is 22.8. The van der Waals surface area contributed by atoms with Crippen LogP contribution >= 0.6 is 0 Å². The Hall–Kier alpha value is -3.31. The molecule has 206 valence electrons. The summed E-state index contributed by atoms with van der Waals surface area (Å²) < 4.78 is 22.1. The number of carbonyl (C=O) groups is 3. The van der Waals surface area contributed by atoms with Crippen molar-refractivity contribution >= 4 is 17.7 Å². The van der Waals surface area contributed by atoms with Gasteiger partial charge in [0, 0.05) is 38.8 Å². The predicted octanol–water partition coefficient (Wildman–Crippen LogP) is 1.89. The molecule has 1 saturated heterocycles. The number of hydrogen-bond acceptors (Lipinski definition) is 6. The van der Waals surface area contributed by atoms with Crippen LogP contribution in [0.1, 0.15) is 53.7 Å². The summed E-state index contributed by atoms with van der Waals surface area (Å²) in [4.78, 5) is 47.7. The summed E-state index contributed by atoms with van der Waals surface area (Å²) in [5, 5.41) is 5.50. The van der Waals surface area contributed by atoms with Crippen molar-refractivity contribution in [2.45, 2.75) is 46.3 Å². The third-order valence-electron chi connectivity index (χ3n) is 7.03. The minimum Gasteiger partial charge on any atom is -0.378 e. The normalized spacial score (nSPS) is 17.4. The van der Waals surface area contributed by atoms with Crippen molar-refractivity contribution in [2.24, 2.45) is 5.41 Å². The van der Waals surface area contributed by atoms with Crippen molar-refractivity contribution in [2.75, 3.05) is 46.9 Å². The number of imidazole rings is 1. The molecule has 0 spiro atoms. The molecule has 11 heteroatoms. The van der Waals surface area contributed by atoms with E-state index in [2.05, 4.69) is 15.5 Å². The van der Waals surface area contributed by atoms with Gasteiger partial charge >= 0.3 is 0 Å². The maximum atomic E-state index is 14.8. The number of fused-ring (bicyclic) bond motifs is 1. The summed E-state index contributed by atoms with van der Waals surface area (Å²) in [6, 6.07) is 3.60. The molecule has 0 saturated carbocycles. The van der Waals surface area contributed by atoms with Crippen LogP contribution in [-0.2, 0) is 22.6 Å². The molecule has 0 aliphatic carbocycles. The second-order valence-electron chi connectivity index (χ2n) is 11.0. The summed E-state index contributed by atoms with van der Waals surface area (Å²) in [7, 11) is 3.51. The van der Waals surface area contributed by atoms with Gasteiger partial charge in [-0.25, -0.2) is 9.37 Å². The molecule has 10 nitrogen and oxygen atoms in total. The van der Waals surface area contributed by atoms with E-state index < -0.39 is 29.1 Å². The fourth-order valence-corrected chi connectivity index (χ4v) is 4.91. The molecule has 1 atom stereocenters. The third kappa shape index (κ3) is 5.73. The van der Waals surface area contributed by atoms with E-state index in [0.717, 1.165) is 13.0 Å². The van der Waals surface area contributed by atoms with Crippen LogP contribution in [0, 0.1) is 11.2 Å². The van der Waals surface area contributed by atoms with E-state index in [1.807, 2.05) is 32.4 Å². The summed E-state index contributed by atoms with van der Waals surface area (Å²) in [5.41, 5.74) is 0.916. The third-order valence-corrected chi connectivity index (χ3v) is 7.03. The van der Waals surface area contributed by atoms with Crippen LogP contribution in [0.4, 0.5) is 4.39 Å². The number of aromatic nitrogens is 2. The molecule has 38 heavy (non-hydrogen) atoms. The molecule has 2 aromatic rings. The highest BCUT2D eigenvalue weighted by atomic mass is 19.1. The zero-order chi connectivity index (χ0) is 27.6. The number of nitrogens with one attached hydrogen (secondary N) is 2. The monoisotopic (exact) mass is 528 g/mol. The van der Waals surface area contributed by atoms with Gasteiger partial charge in [-0.15, -0.1) is 0 Å². The SMILES string of the molecule is CNC(=O)[C@@H](NC(=O)c1nc(-c2ccc(F)c(C(=O)N3CCOCC3)c2)n2c1CN(C)CCC2)C(C)(C)C. The molecule has 1 aromatic heterocycles. The molecule has 2 N–H and O–H groups in total. The number of benzene rings is 1. The topological polar surface area (TPSA) is 109 Å². The lowest BCUT2D eigenvalue weighted by Crippen LogP contribution is -2.53. The Labute approximate surface area is 222 Å². The number of amides is 3. The van der Waals surface area contributed by atoms with Crippen molar-refractivity contribution in [3.05, 3.63) is 41.0 Å². The van der Waals surface area contributed by atoms with Crippen LogP contribution in [-0.4, -0.2) is 90.1 Å². The number of hydrogen-bond donors (Lipinski definition) is 2. The number of morpholine rings is 1. The van der Waals surface area contributed by atoms with Crippen LogP contribution in [0.15, 0.2) is 18.2 Å². The van der Waals surface area contributed by atoms with E-state index in [1.54, 1.807) is 11.0 Å². The van der Waals surface area contributed by atoms with Gasteiger partial charge in [-0.05, 0) is 43.6 Å². The highest BCUT2D eigenvalue weighted by Gasteiger charge is 2.35. The zero-order valence-corrected chi connectivity index (χ0v) is 22.8. The van der Waals surface area contributed by atoms with Gasteiger partial charge in [0.2, 0.25) is 5.91 Å². The first-order chi connectivity index (χ1) is 18.0. The van der Waals surface area contributed by atoms with Crippen molar-refractivity contribution in [1.29, 1.82) is 0 Å². The Bertz CT molecular complexity index is 1210. The number of halogens is 1. The summed E-state index contributed by atoms with van der Waals surface area (Å²) in [6.07, 6.45) is 0.831. The Morgan fingerprint density at radius 1 is 1.11 bits per heavy atom. The van der Waals surface area contributed by atoms with Gasteiger partial charge in [-0.1, -0.05) is 20.8 Å². The Morgan fingerprint density at radius 2 is 1.82 bits per heavy atom. The van der Waals surface area contributed by atoms with Gasteiger partial charge in [-0.2, -0.15) is 0 Å². The van der Waals surface area contributed by atoms with Gasteiger partial charge < -0.3 is 29.7 Å². The number of carbonyl (C=O) groups excluding carboxylic acids is 3. The fraction of sp³-hybridized carbons (Fsp3) is 0.556. The minimum atomic E-state index is -0.770. The molecule has 1 aromatic carbocycles. The Balaban J connectivity index is 1.75. The average molecular weight is 529 g/mol. The average Bonchev–Trinajstić information content (AvgIpc) is 3.12. The van der Waals surface area contributed by atoms with Gasteiger partial charge in [0.25, 0.3) is 11.8 Å². The van der Waals surface area contributed by atoms with E-state index >= 15 is 0 Å². The lowest BCUT2D eigenvalue weighted by molar-refractivity contribution is -0.124. The number of likely N-dealkylation sites (N-methyl/N-ethyl adjacent to an activating group) is 1. The second-order valence-corrected chi connectivity index (χ2v) is 11.0. The fourth-order valence-electron chi connectivity index (χ4n) is 4.91. The Morgan fingerprint density at radius 3 is 2.47 bits per heavy atom. The summed E-state index contributed by atoms with van der Waals surface area (Å²) in [5.74, 6) is -1.26. The Kier molecular flexibility index (Phi) is 8.17. The van der Waals surface area contributed by atoms with Crippen molar-refractivity contribution in [3.63, 3.8) is 0 Å². The van der Waals surface area contributed by atoms with Crippen LogP contribution in [0.3, 0.4) is 0 Å². The first kappa shape index (κ1) is 27.7. The summed E-state index contributed by atoms with van der Waals surface area (Å²) >= 11 is 0. The van der Waals surface area contributed by atoms with E-state index in [-0.39, 0.29) is 17.2 Å². The molecule has 2 aliphatic rings. The molecule has 0 radical (unpaired) electrons. The molecule has 3 heterocycles. The first-order valence-corrected chi connectivity index (χ1v) is 13.0. The molecule has 2 aliphatic heterocycles. The maximum absolute atomic E-state index is 14.8. The quantitative estimate of drug-likeness (QED) is 0.614. The molecule has 3 amide bonds. The van der Waals surface area contributed by atoms with Gasteiger partial charge in [0.05, 0.1) is 24.5 Å². The van der Waals surface area contributed by atoms with Gasteiger partial charge in [0.1, 0.15) is 17.7 Å². The standard InChI is InChI=1S/C27H37FN6O4/c1-27(2,3)22(25(36)29-4)31-24(35)21-20-16-32(5)9-6-10-34(20)23(30-21)17-7-8-19(28)18(15-17)26(37)33-11-13-38-14-12-33/h7-8,15,22H,6,9-14,16H2,1-5H3,(H,29,36)(H,31,35)/t22-/m1/s1. The van der Waals surface area contributed by atoms with E-state index in [9.17, 15) is 18.8 Å². The number of rotatable bonds is 5. The van der Waals surface area contributed by atoms with Crippen LogP contribution in [0.5, 0.6) is 0 Å². The van der Waals surface area contributed by atoms with Crippen LogP contribution in [0.25, 0.3) is 11.4 Å². The molecular formula is C27H37FN6O4. The second kappa shape index (κ2) is 11.2. The summed E-state index contributed by atoms with van der Waals surface area (Å²) in [6.45, 7) is 9.19. The minimum absolute atomic E-state index is 0.0362.